The molecule has 176 valence electrons. The zero-order valence-corrected chi connectivity index (χ0v) is 19.7. The Morgan fingerprint density at radius 2 is 1.85 bits per heavy atom. The number of aliphatic hydroxyl groups excluding tert-OH is 1. The number of aliphatic hydroxyl groups is 1. The third-order valence-corrected chi connectivity index (χ3v) is 6.65. The van der Waals surface area contributed by atoms with Crippen LogP contribution in [0, 0.1) is 0 Å². The van der Waals surface area contributed by atoms with Crippen molar-refractivity contribution in [3.05, 3.63) is 95.2 Å². The van der Waals surface area contributed by atoms with Gasteiger partial charge in [0.25, 0.3) is 0 Å². The van der Waals surface area contributed by atoms with Gasteiger partial charge >= 0.3 is 0 Å². The molecule has 5 rings (SSSR count). The van der Waals surface area contributed by atoms with Gasteiger partial charge in [-0.3, -0.25) is 4.90 Å². The quantitative estimate of drug-likeness (QED) is 0.381. The highest BCUT2D eigenvalue weighted by atomic mass is 16.5. The van der Waals surface area contributed by atoms with Crippen molar-refractivity contribution in [3.63, 3.8) is 0 Å². The fourth-order valence-corrected chi connectivity index (χ4v) is 4.90. The molecule has 4 aromatic rings. The second-order valence-corrected chi connectivity index (χ2v) is 9.04. The Hall–Kier alpha value is -3.28. The Kier molecular flexibility index (Phi) is 6.84. The number of rotatable bonds is 9. The highest BCUT2D eigenvalue weighted by Gasteiger charge is 2.22. The summed E-state index contributed by atoms with van der Waals surface area (Å²) in [6, 6.07) is 24.8. The molecule has 1 atom stereocenters. The second kappa shape index (κ2) is 10.3. The normalized spacial score (nSPS) is 14.6. The summed E-state index contributed by atoms with van der Waals surface area (Å²) in [5.41, 5.74) is 6.27. The molecule has 5 nitrogen and oxygen atoms in total. The second-order valence-electron chi connectivity index (χ2n) is 9.04. The van der Waals surface area contributed by atoms with Crippen LogP contribution in [0.4, 0.5) is 0 Å². The van der Waals surface area contributed by atoms with E-state index in [9.17, 15) is 5.11 Å². The highest BCUT2D eigenvalue weighted by Crippen LogP contribution is 2.27. The van der Waals surface area contributed by atoms with Crippen LogP contribution in [0.3, 0.4) is 0 Å². The topological polar surface area (TPSA) is 57.7 Å². The summed E-state index contributed by atoms with van der Waals surface area (Å²) >= 11 is 0. The van der Waals surface area contributed by atoms with Crippen LogP contribution in [-0.2, 0) is 25.8 Å². The molecule has 2 N–H and O–H groups in total. The molecule has 0 saturated carbocycles. The molecule has 5 heteroatoms. The number of aryl methyl sites for hydroxylation is 2. The predicted octanol–water partition coefficient (Wildman–Crippen LogP) is 4.76. The van der Waals surface area contributed by atoms with E-state index in [0.29, 0.717) is 6.54 Å². The molecule has 0 radical (unpaired) electrons. The zero-order chi connectivity index (χ0) is 23.3. The van der Waals surface area contributed by atoms with E-state index in [2.05, 4.69) is 52.3 Å². The zero-order valence-electron chi connectivity index (χ0n) is 19.7. The van der Waals surface area contributed by atoms with Crippen LogP contribution in [0.2, 0.25) is 0 Å². The summed E-state index contributed by atoms with van der Waals surface area (Å²) in [4.78, 5) is 5.86. The van der Waals surface area contributed by atoms with Crippen LogP contribution in [-0.4, -0.2) is 47.9 Å². The van der Waals surface area contributed by atoms with Crippen LogP contribution >= 0.6 is 0 Å². The lowest BCUT2D eigenvalue weighted by Gasteiger charge is -2.29. The van der Waals surface area contributed by atoms with E-state index >= 15 is 0 Å². The van der Waals surface area contributed by atoms with Crippen molar-refractivity contribution < 1.29 is 14.6 Å². The van der Waals surface area contributed by atoms with E-state index in [1.165, 1.54) is 27.7 Å². The smallest absolute Gasteiger partial charge is 0.122 e. The monoisotopic (exact) mass is 456 g/mol. The maximum Gasteiger partial charge on any atom is 0.122 e. The van der Waals surface area contributed by atoms with E-state index in [0.717, 1.165) is 49.4 Å². The molecule has 2 heterocycles. The molecule has 0 amide bonds. The molecule has 0 aliphatic carbocycles. The lowest BCUT2D eigenvalue weighted by Crippen LogP contribution is -2.38. The third-order valence-electron chi connectivity index (χ3n) is 6.65. The first kappa shape index (κ1) is 22.5. The van der Waals surface area contributed by atoms with Gasteiger partial charge in [0.15, 0.2) is 0 Å². The minimum Gasteiger partial charge on any atom is -0.497 e. The number of H-pyrrole nitrogens is 1. The molecular formula is C29H32N2O3. The van der Waals surface area contributed by atoms with Gasteiger partial charge < -0.3 is 19.6 Å². The number of para-hydroxylation sites is 2. The number of methoxy groups -OCH3 is 1. The van der Waals surface area contributed by atoms with E-state index in [-0.39, 0.29) is 6.61 Å². The molecule has 0 fully saturated rings. The van der Waals surface area contributed by atoms with Gasteiger partial charge in [-0.2, -0.15) is 0 Å². The van der Waals surface area contributed by atoms with Gasteiger partial charge in [-0.05, 0) is 60.2 Å². The molecule has 1 aromatic heterocycles. The first-order valence-electron chi connectivity index (χ1n) is 12.0. The molecule has 0 saturated heterocycles. The number of nitrogens with zero attached hydrogens (tertiary/aromatic N) is 1. The van der Waals surface area contributed by atoms with Crippen LogP contribution in [0.15, 0.2) is 72.8 Å². The molecule has 3 aromatic carbocycles. The number of aromatic amines is 1. The lowest BCUT2D eigenvalue weighted by molar-refractivity contribution is 0.0631. The average Bonchev–Trinajstić information content (AvgIpc) is 3.24. The van der Waals surface area contributed by atoms with E-state index in [1.807, 2.05) is 30.3 Å². The van der Waals surface area contributed by atoms with Crippen LogP contribution in [0.1, 0.15) is 22.4 Å². The molecule has 34 heavy (non-hydrogen) atoms. The van der Waals surface area contributed by atoms with Crippen molar-refractivity contribution >= 4 is 10.9 Å². The fraction of sp³-hybridized carbons (Fsp3) is 0.310. The van der Waals surface area contributed by atoms with Gasteiger partial charge in [-0.15, -0.1) is 0 Å². The summed E-state index contributed by atoms with van der Waals surface area (Å²) in [6.45, 7) is 2.66. The van der Waals surface area contributed by atoms with Gasteiger partial charge in [-0.25, -0.2) is 0 Å². The predicted molar refractivity (Wildman–Crippen MR) is 136 cm³/mol. The lowest BCUT2D eigenvalue weighted by atomic mass is 10.0. The summed E-state index contributed by atoms with van der Waals surface area (Å²) in [7, 11) is 1.69. The number of ether oxygens (including phenoxy) is 2. The van der Waals surface area contributed by atoms with E-state index < -0.39 is 6.10 Å². The van der Waals surface area contributed by atoms with Crippen molar-refractivity contribution in [3.8, 4) is 11.5 Å². The maximum absolute atomic E-state index is 10.7. The summed E-state index contributed by atoms with van der Waals surface area (Å²) in [6.07, 6.45) is 2.23. The standard InChI is InChI=1S/C29H32N2O3/c1-33-24-9-6-7-21(17-24)13-14-22-8-2-5-12-29(22)34-20-23(32)18-31-16-15-26-25-10-3-4-11-27(25)30-28(26)19-31/h2-12,17,23,30,32H,13-16,18-20H2,1H3. The summed E-state index contributed by atoms with van der Waals surface area (Å²) in [5.74, 6) is 1.73. The summed E-state index contributed by atoms with van der Waals surface area (Å²) in [5, 5.41) is 12.0. The Morgan fingerprint density at radius 1 is 1.00 bits per heavy atom. The molecule has 0 spiro atoms. The first-order valence-corrected chi connectivity index (χ1v) is 12.0. The number of fused-ring (bicyclic) bond motifs is 3. The summed E-state index contributed by atoms with van der Waals surface area (Å²) < 4.78 is 11.4. The molecule has 1 aliphatic heterocycles. The van der Waals surface area contributed by atoms with Crippen molar-refractivity contribution in [2.45, 2.75) is 31.9 Å². The first-order chi connectivity index (χ1) is 16.7. The highest BCUT2D eigenvalue weighted by molar-refractivity contribution is 5.84. The van der Waals surface area contributed by atoms with Crippen molar-refractivity contribution in [2.24, 2.45) is 0 Å². The minimum atomic E-state index is -0.544. The number of aromatic nitrogens is 1. The van der Waals surface area contributed by atoms with Crippen molar-refractivity contribution in [1.82, 2.24) is 9.88 Å². The Bertz CT molecular complexity index is 1250. The molecule has 1 aliphatic rings. The SMILES string of the molecule is COc1cccc(CCc2ccccc2OCC(O)CN2CCc3c([nH]c4ccccc34)C2)c1. The third kappa shape index (κ3) is 5.11. The number of benzene rings is 3. The van der Waals surface area contributed by atoms with Crippen molar-refractivity contribution in [1.29, 1.82) is 0 Å². The molecule has 1 unspecified atom stereocenters. The number of hydrogen-bond donors (Lipinski definition) is 2. The van der Waals surface area contributed by atoms with Gasteiger partial charge in [0, 0.05) is 36.2 Å². The van der Waals surface area contributed by atoms with Crippen LogP contribution < -0.4 is 9.47 Å². The van der Waals surface area contributed by atoms with E-state index in [1.54, 1.807) is 7.11 Å². The fourth-order valence-electron chi connectivity index (χ4n) is 4.90. The minimum absolute atomic E-state index is 0.284. The van der Waals surface area contributed by atoms with Gasteiger partial charge in [0.05, 0.1) is 7.11 Å². The molecular weight excluding hydrogens is 424 g/mol. The Morgan fingerprint density at radius 3 is 2.76 bits per heavy atom. The van der Waals surface area contributed by atoms with E-state index in [4.69, 9.17) is 9.47 Å². The largest absolute Gasteiger partial charge is 0.497 e. The Labute approximate surface area is 200 Å². The number of hydrogen-bond acceptors (Lipinski definition) is 4. The van der Waals surface area contributed by atoms with Crippen molar-refractivity contribution in [2.75, 3.05) is 26.8 Å². The average molecular weight is 457 g/mol. The van der Waals surface area contributed by atoms with Gasteiger partial charge in [0.2, 0.25) is 0 Å². The maximum atomic E-state index is 10.7. The Balaban J connectivity index is 1.15. The van der Waals surface area contributed by atoms with Crippen LogP contribution in [0.25, 0.3) is 10.9 Å². The van der Waals surface area contributed by atoms with Gasteiger partial charge in [-0.1, -0.05) is 48.5 Å². The number of nitrogens with one attached hydrogen (secondary N) is 1. The van der Waals surface area contributed by atoms with Gasteiger partial charge in [0.1, 0.15) is 24.2 Å². The molecule has 0 bridgehead atoms. The van der Waals surface area contributed by atoms with Crippen LogP contribution in [0.5, 0.6) is 11.5 Å². The number of β-amino-alcohol motifs (C(OH)–C–C–N with tert-alkyl or cyclic N) is 1.